The number of unbranched alkanes of at least 4 members (excludes halogenated alkanes) is 8. The number of halogens is 8. The highest BCUT2D eigenvalue weighted by Crippen LogP contribution is 2.42. The molecule has 2 fully saturated rings. The first-order chi connectivity index (χ1) is 31.5. The number of benzene rings is 3. The molecule has 9 nitrogen and oxygen atoms in total. The first-order valence-corrected chi connectivity index (χ1v) is 23.1. The van der Waals surface area contributed by atoms with Gasteiger partial charge in [-0.1, -0.05) is 64.9 Å². The molecule has 2 aliphatic heterocycles. The van der Waals surface area contributed by atoms with Crippen molar-refractivity contribution in [2.75, 3.05) is 13.2 Å². The molecular weight excluding hydrogens is 885 g/mol. The van der Waals surface area contributed by atoms with Crippen LogP contribution in [0.2, 0.25) is 0 Å². The summed E-state index contributed by atoms with van der Waals surface area (Å²) >= 11 is 0. The predicted molar refractivity (Wildman–Crippen MR) is 228 cm³/mol. The van der Waals surface area contributed by atoms with Crippen molar-refractivity contribution >= 4 is 5.97 Å². The highest BCUT2D eigenvalue weighted by Gasteiger charge is 2.37. The molecule has 2 saturated heterocycles. The zero-order valence-electron chi connectivity index (χ0n) is 38.2. The molecule has 3 aromatic carbocycles. The SMILES string of the molecule is CCCCOc1c(F)c(F)c(-c2c(F)c(F)c(OC(=O)c3ccc(C)cc3OCCCCCCCCCCC3OC(CC(C)O)CC(CC4CC(CC)OC(C)O4)O3)c(F)c2F)c(F)c1F. The number of hydrogen-bond donors (Lipinski definition) is 1. The van der Waals surface area contributed by atoms with Gasteiger partial charge in [0.1, 0.15) is 11.3 Å². The van der Waals surface area contributed by atoms with E-state index in [0.717, 1.165) is 70.6 Å². The summed E-state index contributed by atoms with van der Waals surface area (Å²) in [5.74, 6) is -23.8. The number of esters is 1. The molecule has 66 heavy (non-hydrogen) atoms. The number of rotatable bonds is 24. The van der Waals surface area contributed by atoms with E-state index >= 15 is 17.6 Å². The Balaban J connectivity index is 1.07. The average molecular weight is 947 g/mol. The first-order valence-electron chi connectivity index (χ1n) is 23.1. The van der Waals surface area contributed by atoms with Crippen molar-refractivity contribution in [3.8, 4) is 28.4 Å². The third kappa shape index (κ3) is 14.0. The minimum atomic E-state index is -2.48. The Bertz CT molecular complexity index is 2010. The minimum absolute atomic E-state index is 0.0240. The van der Waals surface area contributed by atoms with E-state index in [1.807, 2.05) is 6.92 Å². The summed E-state index contributed by atoms with van der Waals surface area (Å²) in [6.45, 7) is 8.96. The van der Waals surface area contributed by atoms with Gasteiger partial charge in [0.15, 0.2) is 41.6 Å². The van der Waals surface area contributed by atoms with Crippen LogP contribution in [0.25, 0.3) is 11.1 Å². The average Bonchev–Trinajstić information content (AvgIpc) is 3.27. The normalized spacial score (nSPS) is 21.5. The molecule has 7 atom stereocenters. The molecule has 3 aromatic rings. The number of aryl methyl sites for hydroxylation is 1. The lowest BCUT2D eigenvalue weighted by Gasteiger charge is -2.40. The maximum absolute atomic E-state index is 15.3. The number of aliphatic hydroxyl groups excluding tert-OH is 1. The summed E-state index contributed by atoms with van der Waals surface area (Å²) in [6, 6.07) is 4.13. The minimum Gasteiger partial charge on any atom is -0.493 e. The van der Waals surface area contributed by atoms with Crippen LogP contribution in [-0.2, 0) is 18.9 Å². The lowest BCUT2D eigenvalue weighted by molar-refractivity contribution is -0.271. The Labute approximate surface area is 381 Å². The number of aliphatic hydroxyl groups is 1. The van der Waals surface area contributed by atoms with Crippen molar-refractivity contribution in [2.45, 2.75) is 180 Å². The third-order valence-corrected chi connectivity index (χ3v) is 11.7. The number of hydrogen-bond acceptors (Lipinski definition) is 9. The highest BCUT2D eigenvalue weighted by atomic mass is 19.2. The zero-order chi connectivity index (χ0) is 48.1. The Hall–Kier alpha value is -4.03. The third-order valence-electron chi connectivity index (χ3n) is 11.7. The van der Waals surface area contributed by atoms with Gasteiger partial charge in [-0.2, -0.15) is 17.6 Å². The van der Waals surface area contributed by atoms with Crippen molar-refractivity contribution in [3.05, 3.63) is 75.9 Å². The van der Waals surface area contributed by atoms with Gasteiger partial charge in [0.05, 0.1) is 54.9 Å². The standard InChI is InChI=1S/C49H62F8O9/c1-6-8-20-61-47-43(54)39(50)37(40(51)44(47)55)38-41(52)45(56)48(46(57)42(38)53)66-49(59)34-19-18-27(3)22-35(34)60-21-16-14-12-10-9-11-13-15-17-36-64-31(23-28(4)58)25-33(65-36)26-32-24-30(7-2)62-29(5)63-32/h18-19,22,28-33,36,58H,6-17,20-21,23-26H2,1-5H3. The van der Waals surface area contributed by atoms with Crippen molar-refractivity contribution in [1.82, 2.24) is 0 Å². The largest absolute Gasteiger partial charge is 0.493 e. The highest BCUT2D eigenvalue weighted by molar-refractivity contribution is 5.94. The Morgan fingerprint density at radius 3 is 1.77 bits per heavy atom. The van der Waals surface area contributed by atoms with Crippen LogP contribution < -0.4 is 14.2 Å². The van der Waals surface area contributed by atoms with Crippen molar-refractivity contribution in [3.63, 3.8) is 0 Å². The van der Waals surface area contributed by atoms with E-state index in [-0.39, 0.29) is 67.9 Å². The summed E-state index contributed by atoms with van der Waals surface area (Å²) in [4.78, 5) is 13.2. The molecular formula is C49H62F8O9. The van der Waals surface area contributed by atoms with Gasteiger partial charge in [0, 0.05) is 19.3 Å². The van der Waals surface area contributed by atoms with Crippen LogP contribution in [0.3, 0.4) is 0 Å². The van der Waals surface area contributed by atoms with Crippen LogP contribution in [0, 0.1) is 53.5 Å². The molecule has 2 heterocycles. The van der Waals surface area contributed by atoms with Gasteiger partial charge >= 0.3 is 5.97 Å². The molecule has 0 radical (unpaired) electrons. The van der Waals surface area contributed by atoms with E-state index in [4.69, 9.17) is 33.2 Å². The van der Waals surface area contributed by atoms with Crippen molar-refractivity contribution < 1.29 is 78.2 Å². The zero-order valence-corrected chi connectivity index (χ0v) is 38.2. The molecule has 0 bridgehead atoms. The second-order valence-corrected chi connectivity index (χ2v) is 17.2. The van der Waals surface area contributed by atoms with Gasteiger partial charge in [-0.05, 0) is 77.0 Å². The Morgan fingerprint density at radius 1 is 0.667 bits per heavy atom. The van der Waals surface area contributed by atoms with E-state index in [9.17, 15) is 27.5 Å². The smallest absolute Gasteiger partial charge is 0.347 e. The molecule has 1 N–H and O–H groups in total. The van der Waals surface area contributed by atoms with Gasteiger partial charge in [0.25, 0.3) is 0 Å². The van der Waals surface area contributed by atoms with Crippen LogP contribution in [0.4, 0.5) is 35.1 Å². The van der Waals surface area contributed by atoms with Gasteiger partial charge in [-0.3, -0.25) is 0 Å². The molecule has 17 heteroatoms. The topological polar surface area (TPSA) is 102 Å². The summed E-state index contributed by atoms with van der Waals surface area (Å²) in [5.41, 5.74) is -3.89. The Kier molecular flexibility index (Phi) is 20.3. The lowest BCUT2D eigenvalue weighted by atomic mass is 9.96. The lowest BCUT2D eigenvalue weighted by Crippen LogP contribution is -2.43. The molecule has 0 aromatic heterocycles. The Morgan fingerprint density at radius 2 is 1.18 bits per heavy atom. The van der Waals surface area contributed by atoms with E-state index in [0.29, 0.717) is 31.2 Å². The molecule has 5 rings (SSSR count). The molecule has 0 aliphatic carbocycles. The van der Waals surface area contributed by atoms with Crippen molar-refractivity contribution in [2.24, 2.45) is 0 Å². The van der Waals surface area contributed by atoms with Crippen molar-refractivity contribution in [1.29, 1.82) is 0 Å². The number of carbonyl (C=O) groups excluding carboxylic acids is 1. The maximum atomic E-state index is 15.3. The van der Waals surface area contributed by atoms with Crippen LogP contribution in [0.1, 0.15) is 146 Å². The van der Waals surface area contributed by atoms with Gasteiger partial charge < -0.3 is 38.3 Å². The number of carbonyl (C=O) groups is 1. The summed E-state index contributed by atoms with van der Waals surface area (Å²) in [6.07, 6.45) is 11.5. The van der Waals surface area contributed by atoms with Gasteiger partial charge in [0.2, 0.25) is 29.0 Å². The van der Waals surface area contributed by atoms with E-state index in [2.05, 4.69) is 6.92 Å². The van der Waals surface area contributed by atoms with Crippen LogP contribution >= 0.6 is 0 Å². The second-order valence-electron chi connectivity index (χ2n) is 17.2. The first kappa shape index (κ1) is 52.9. The van der Waals surface area contributed by atoms with E-state index in [1.165, 1.54) is 18.2 Å². The molecule has 7 unspecified atom stereocenters. The molecule has 0 saturated carbocycles. The van der Waals surface area contributed by atoms with Crippen LogP contribution in [0.15, 0.2) is 18.2 Å². The van der Waals surface area contributed by atoms with E-state index in [1.54, 1.807) is 20.8 Å². The molecule has 2 aliphatic rings. The molecule has 368 valence electrons. The van der Waals surface area contributed by atoms with E-state index < -0.39 is 81.2 Å². The second kappa shape index (κ2) is 25.4. The fraction of sp³-hybridized carbons (Fsp3) is 0.612. The summed E-state index contributed by atoms with van der Waals surface area (Å²) < 4.78 is 160. The van der Waals surface area contributed by atoms with Crippen LogP contribution in [-0.4, -0.2) is 67.4 Å². The fourth-order valence-electron chi connectivity index (χ4n) is 8.29. The van der Waals surface area contributed by atoms with Crippen LogP contribution in [0.5, 0.6) is 17.2 Å². The van der Waals surface area contributed by atoms with Gasteiger partial charge in [-0.25, -0.2) is 22.4 Å². The molecule has 0 amide bonds. The van der Waals surface area contributed by atoms with Gasteiger partial charge in [-0.15, -0.1) is 0 Å². The molecule has 0 spiro atoms. The number of ether oxygens (including phenoxy) is 7. The summed E-state index contributed by atoms with van der Waals surface area (Å²) in [7, 11) is 0. The fourth-order valence-corrected chi connectivity index (χ4v) is 8.29. The summed E-state index contributed by atoms with van der Waals surface area (Å²) in [5, 5.41) is 10.1. The maximum Gasteiger partial charge on any atom is 0.347 e. The quantitative estimate of drug-likeness (QED) is 0.0309. The predicted octanol–water partition coefficient (Wildman–Crippen LogP) is 12.7. The monoisotopic (exact) mass is 946 g/mol.